The van der Waals surface area contributed by atoms with Crippen molar-refractivity contribution in [1.29, 1.82) is 0 Å². The molecule has 1 atom stereocenters. The van der Waals surface area contributed by atoms with Crippen molar-refractivity contribution < 1.29 is 0 Å². The highest BCUT2D eigenvalue weighted by atomic mass is 32.2. The van der Waals surface area contributed by atoms with Crippen LogP contribution in [0.4, 0.5) is 0 Å². The maximum atomic E-state index is 12.5. The van der Waals surface area contributed by atoms with Gasteiger partial charge in [0.25, 0.3) is 5.56 Å². The van der Waals surface area contributed by atoms with Crippen molar-refractivity contribution in [2.75, 3.05) is 0 Å². The van der Waals surface area contributed by atoms with Gasteiger partial charge in [-0.2, -0.15) is 0 Å². The van der Waals surface area contributed by atoms with Crippen LogP contribution >= 0.6 is 34.4 Å². The van der Waals surface area contributed by atoms with Crippen molar-refractivity contribution in [3.8, 4) is 11.3 Å². The minimum atomic E-state index is -0.0524. The largest absolute Gasteiger partial charge is 0.309 e. The lowest BCUT2D eigenvalue weighted by atomic mass is 10.2. The summed E-state index contributed by atoms with van der Waals surface area (Å²) < 4.78 is 0.970. The Morgan fingerprint density at radius 1 is 1.15 bits per heavy atom. The average Bonchev–Trinajstić information content (AvgIpc) is 3.21. The molecule has 0 aliphatic carbocycles. The fourth-order valence-electron chi connectivity index (χ4n) is 2.72. The summed E-state index contributed by atoms with van der Waals surface area (Å²) in [6, 6.07) is 10.1. The Bertz CT molecular complexity index is 1130. The van der Waals surface area contributed by atoms with Crippen LogP contribution in [0.1, 0.15) is 28.4 Å². The van der Waals surface area contributed by atoms with Crippen molar-refractivity contribution in [1.82, 2.24) is 15.0 Å². The molecular formula is C19H17N3OS3. The number of thiophene rings is 1. The smallest absolute Gasteiger partial charge is 0.259 e. The lowest BCUT2D eigenvalue weighted by Crippen LogP contribution is -2.12. The number of hydrogen-bond acceptors (Lipinski definition) is 6. The number of rotatable bonds is 4. The molecule has 0 spiro atoms. The first-order chi connectivity index (χ1) is 12.5. The predicted molar refractivity (Wildman–Crippen MR) is 112 cm³/mol. The molecule has 0 saturated carbocycles. The van der Waals surface area contributed by atoms with Crippen molar-refractivity contribution in [2.45, 2.75) is 30.4 Å². The van der Waals surface area contributed by atoms with Crippen LogP contribution in [0, 0.1) is 13.8 Å². The number of aryl methyl sites for hydroxylation is 2. The molecule has 3 heterocycles. The van der Waals surface area contributed by atoms with E-state index < -0.39 is 0 Å². The monoisotopic (exact) mass is 399 g/mol. The molecule has 0 amide bonds. The number of aromatic nitrogens is 3. The first-order valence-electron chi connectivity index (χ1n) is 8.20. The van der Waals surface area contributed by atoms with Crippen molar-refractivity contribution in [3.63, 3.8) is 0 Å². The molecule has 1 N–H and O–H groups in total. The maximum absolute atomic E-state index is 12.5. The number of thioether (sulfide) groups is 1. The third-order valence-corrected chi connectivity index (χ3v) is 7.45. The molecule has 4 aromatic rings. The lowest BCUT2D eigenvalue weighted by Gasteiger charge is -2.08. The average molecular weight is 400 g/mol. The topological polar surface area (TPSA) is 58.6 Å². The number of H-pyrrole nitrogens is 1. The Morgan fingerprint density at radius 3 is 2.69 bits per heavy atom. The molecule has 3 aromatic heterocycles. The molecule has 1 aromatic carbocycles. The molecule has 0 bridgehead atoms. The first-order valence-corrected chi connectivity index (χ1v) is 10.8. The summed E-state index contributed by atoms with van der Waals surface area (Å²) in [6.45, 7) is 6.05. The Morgan fingerprint density at radius 2 is 1.92 bits per heavy atom. The number of nitrogens with one attached hydrogen (secondary N) is 1. The molecule has 0 radical (unpaired) electrons. The van der Waals surface area contributed by atoms with Crippen LogP contribution in [0.2, 0.25) is 0 Å². The molecule has 7 heteroatoms. The highest BCUT2D eigenvalue weighted by Crippen LogP contribution is 2.37. The van der Waals surface area contributed by atoms with Crippen LogP contribution in [0.15, 0.2) is 44.8 Å². The SMILES string of the molecule is Cc1sc2nc(C(C)Sc3nc(-c4ccccc4)cs3)[nH]c(=O)c2c1C. The van der Waals surface area contributed by atoms with Gasteiger partial charge >= 0.3 is 0 Å². The Balaban J connectivity index is 1.61. The normalized spacial score (nSPS) is 12.6. The van der Waals surface area contributed by atoms with E-state index in [1.165, 1.54) is 0 Å². The van der Waals surface area contributed by atoms with Gasteiger partial charge in [-0.15, -0.1) is 22.7 Å². The van der Waals surface area contributed by atoms with Gasteiger partial charge in [0.05, 0.1) is 16.3 Å². The zero-order valence-corrected chi connectivity index (χ0v) is 17.0. The van der Waals surface area contributed by atoms with Gasteiger partial charge in [-0.05, 0) is 26.3 Å². The summed E-state index contributed by atoms with van der Waals surface area (Å²) in [4.78, 5) is 26.8. The molecular weight excluding hydrogens is 382 g/mol. The molecule has 4 rings (SSSR count). The minimum absolute atomic E-state index is 0.0181. The second kappa shape index (κ2) is 6.98. The summed E-state index contributed by atoms with van der Waals surface area (Å²) in [5, 5.41) is 2.80. The van der Waals surface area contributed by atoms with Crippen LogP contribution in [0.25, 0.3) is 21.5 Å². The van der Waals surface area contributed by atoms with Crippen molar-refractivity contribution in [3.05, 3.63) is 62.3 Å². The Labute approximate surface area is 163 Å². The van der Waals surface area contributed by atoms with Gasteiger partial charge in [0.15, 0.2) is 4.34 Å². The predicted octanol–water partition coefficient (Wildman–Crippen LogP) is 5.58. The van der Waals surface area contributed by atoms with E-state index >= 15 is 0 Å². The van der Waals surface area contributed by atoms with E-state index in [-0.39, 0.29) is 10.8 Å². The summed E-state index contributed by atoms with van der Waals surface area (Å²) in [7, 11) is 0. The molecule has 26 heavy (non-hydrogen) atoms. The second-order valence-electron chi connectivity index (χ2n) is 6.04. The standard InChI is InChI=1S/C19H17N3OS3/c1-10-11(2)25-18-15(10)17(23)21-16(22-18)12(3)26-19-20-14(9-24-19)13-7-5-4-6-8-13/h4-9,12H,1-3H3,(H,21,22,23). The zero-order valence-electron chi connectivity index (χ0n) is 14.6. The van der Waals surface area contributed by atoms with Gasteiger partial charge in [0, 0.05) is 15.8 Å². The van der Waals surface area contributed by atoms with E-state index in [9.17, 15) is 4.79 Å². The fraction of sp³-hybridized carbons (Fsp3) is 0.211. The van der Waals surface area contributed by atoms with E-state index in [0.29, 0.717) is 11.2 Å². The molecule has 132 valence electrons. The van der Waals surface area contributed by atoms with E-state index in [1.54, 1.807) is 34.4 Å². The number of hydrogen-bond donors (Lipinski definition) is 1. The third kappa shape index (κ3) is 3.22. The third-order valence-electron chi connectivity index (χ3n) is 4.27. The molecule has 1 unspecified atom stereocenters. The highest BCUT2D eigenvalue weighted by Gasteiger charge is 2.17. The summed E-state index contributed by atoms with van der Waals surface area (Å²) >= 11 is 4.82. The lowest BCUT2D eigenvalue weighted by molar-refractivity contribution is 0.924. The maximum Gasteiger partial charge on any atom is 0.259 e. The van der Waals surface area contributed by atoms with Crippen LogP contribution < -0.4 is 5.56 Å². The van der Waals surface area contributed by atoms with E-state index in [0.717, 1.165) is 30.9 Å². The highest BCUT2D eigenvalue weighted by molar-refractivity contribution is 8.01. The van der Waals surface area contributed by atoms with E-state index in [4.69, 9.17) is 9.97 Å². The molecule has 0 saturated heterocycles. The Kier molecular flexibility index (Phi) is 4.69. The number of fused-ring (bicyclic) bond motifs is 1. The van der Waals surface area contributed by atoms with Gasteiger partial charge in [0.2, 0.25) is 0 Å². The minimum Gasteiger partial charge on any atom is -0.309 e. The van der Waals surface area contributed by atoms with Crippen LogP contribution in [0.3, 0.4) is 0 Å². The molecule has 0 aliphatic rings. The second-order valence-corrected chi connectivity index (χ2v) is 9.69. The van der Waals surface area contributed by atoms with E-state index in [2.05, 4.69) is 22.5 Å². The molecule has 0 aliphatic heterocycles. The number of aromatic amines is 1. The van der Waals surface area contributed by atoms with Gasteiger partial charge in [-0.1, -0.05) is 42.1 Å². The van der Waals surface area contributed by atoms with Crippen molar-refractivity contribution >= 4 is 44.7 Å². The number of nitrogens with zero attached hydrogens (tertiary/aromatic N) is 2. The van der Waals surface area contributed by atoms with Gasteiger partial charge < -0.3 is 4.98 Å². The van der Waals surface area contributed by atoms with Gasteiger partial charge in [-0.3, -0.25) is 4.79 Å². The molecule has 0 fully saturated rings. The zero-order chi connectivity index (χ0) is 18.3. The van der Waals surface area contributed by atoms with Crippen LogP contribution in [-0.2, 0) is 0 Å². The van der Waals surface area contributed by atoms with Gasteiger partial charge in [0.1, 0.15) is 10.7 Å². The van der Waals surface area contributed by atoms with Crippen LogP contribution in [0.5, 0.6) is 0 Å². The summed E-state index contributed by atoms with van der Waals surface area (Å²) in [6.07, 6.45) is 0. The van der Waals surface area contributed by atoms with Gasteiger partial charge in [-0.25, -0.2) is 9.97 Å². The number of thiazole rings is 1. The summed E-state index contributed by atoms with van der Waals surface area (Å²) in [5.74, 6) is 0.699. The van der Waals surface area contributed by atoms with Crippen LogP contribution in [-0.4, -0.2) is 15.0 Å². The van der Waals surface area contributed by atoms with E-state index in [1.807, 2.05) is 39.0 Å². The Hall–Kier alpha value is -1.96. The first kappa shape index (κ1) is 17.5. The quantitative estimate of drug-likeness (QED) is 0.455. The molecule has 4 nitrogen and oxygen atoms in total. The summed E-state index contributed by atoms with van der Waals surface area (Å²) in [5.41, 5.74) is 3.06. The van der Waals surface area contributed by atoms with Crippen molar-refractivity contribution in [2.24, 2.45) is 0 Å². The fourth-order valence-corrected chi connectivity index (χ4v) is 5.79. The number of benzene rings is 1.